The number of hydrogen-bond donors (Lipinski definition) is 1. The number of fused-ring (bicyclic) bond motifs is 5. The number of aliphatic hydroxyl groups is 1. The molecule has 0 spiro atoms. The lowest BCUT2D eigenvalue weighted by Gasteiger charge is -2.65. The highest BCUT2D eigenvalue weighted by Crippen LogP contribution is 2.72. The maximum atomic E-state index is 12.2. The molecule has 0 aromatic rings. The number of carbonyl (C=O) groups is 1. The van der Waals surface area contributed by atoms with Gasteiger partial charge < -0.3 is 5.11 Å². The van der Waals surface area contributed by atoms with Gasteiger partial charge in [-0.25, -0.2) is 0 Å². The number of Topliss-reactive ketones (excluding diaryl/α,β-unsaturated/α-hetero) is 1. The fraction of sp³-hybridized carbons (Fsp3) is 0.952. The van der Waals surface area contributed by atoms with E-state index in [0.717, 1.165) is 37.0 Å². The molecule has 134 valence electrons. The van der Waals surface area contributed by atoms with E-state index in [1.54, 1.807) is 0 Å². The Labute approximate surface area is 148 Å². The first-order valence-corrected chi connectivity index (χ1v) is 10.4. The molecule has 4 fully saturated rings. The smallest absolute Gasteiger partial charge is 0.133 e. The van der Waals surface area contributed by atoms with Crippen molar-refractivity contribution >= 4 is 13.6 Å². The Morgan fingerprint density at radius 3 is 2.46 bits per heavy atom. The third-order valence-corrected chi connectivity index (χ3v) is 9.84. The highest BCUT2D eigenvalue weighted by atomic mass is 16.3. The summed E-state index contributed by atoms with van der Waals surface area (Å²) < 4.78 is 0. The third kappa shape index (κ3) is 2.09. The summed E-state index contributed by atoms with van der Waals surface area (Å²) in [4.78, 5) is 12.2. The van der Waals surface area contributed by atoms with Crippen molar-refractivity contribution in [1.82, 2.24) is 0 Å². The van der Waals surface area contributed by atoms with Gasteiger partial charge in [0.15, 0.2) is 0 Å². The Morgan fingerprint density at radius 1 is 1.00 bits per heavy atom. The second-order valence-corrected chi connectivity index (χ2v) is 10.6. The van der Waals surface area contributed by atoms with Crippen LogP contribution in [0.5, 0.6) is 0 Å². The van der Waals surface area contributed by atoms with Gasteiger partial charge in [-0.15, -0.1) is 0 Å². The van der Waals surface area contributed by atoms with Gasteiger partial charge in [0.05, 0.1) is 6.10 Å². The highest BCUT2D eigenvalue weighted by molar-refractivity contribution is 6.16. The van der Waals surface area contributed by atoms with Gasteiger partial charge in [-0.2, -0.15) is 0 Å². The van der Waals surface area contributed by atoms with Crippen LogP contribution in [0.15, 0.2) is 0 Å². The van der Waals surface area contributed by atoms with Crippen LogP contribution in [-0.2, 0) is 4.79 Å². The molecule has 24 heavy (non-hydrogen) atoms. The minimum absolute atomic E-state index is 0.0814. The molecule has 1 N–H and O–H groups in total. The molecule has 4 aliphatic carbocycles. The molecule has 0 unspecified atom stereocenters. The standard InChI is InChI=1S/C21H35BO2/c1-13(23)16-4-5-17-15-7-11-21(22)12-14(24)6-10-20(21,3)18(15)8-9-19(16,17)2/h14-18,24H,4-12,22H2,1-3H3/t14-,15-,16+,17-,18-,19+,20+,21-/m0/s1. The first kappa shape index (κ1) is 17.1. The topological polar surface area (TPSA) is 37.3 Å². The molecule has 4 saturated carbocycles. The van der Waals surface area contributed by atoms with Crippen molar-refractivity contribution in [2.24, 2.45) is 34.5 Å². The van der Waals surface area contributed by atoms with Crippen LogP contribution in [-0.4, -0.2) is 24.8 Å². The van der Waals surface area contributed by atoms with Gasteiger partial charge in [-0.1, -0.05) is 32.0 Å². The van der Waals surface area contributed by atoms with Crippen LogP contribution < -0.4 is 0 Å². The Bertz CT molecular complexity index is 548. The number of carbonyl (C=O) groups excluding carboxylic acids is 1. The van der Waals surface area contributed by atoms with E-state index in [9.17, 15) is 9.90 Å². The maximum Gasteiger partial charge on any atom is 0.133 e. The van der Waals surface area contributed by atoms with E-state index < -0.39 is 0 Å². The Hall–Kier alpha value is -0.305. The van der Waals surface area contributed by atoms with Crippen LogP contribution in [0.2, 0.25) is 5.31 Å². The number of rotatable bonds is 1. The molecular weight excluding hydrogens is 295 g/mol. The van der Waals surface area contributed by atoms with Gasteiger partial charge in [0, 0.05) is 5.92 Å². The summed E-state index contributed by atoms with van der Waals surface area (Å²) >= 11 is 0. The summed E-state index contributed by atoms with van der Waals surface area (Å²) in [6, 6.07) is 0. The second-order valence-electron chi connectivity index (χ2n) is 10.6. The fourth-order valence-electron chi connectivity index (χ4n) is 8.28. The molecule has 0 radical (unpaired) electrons. The average molecular weight is 330 g/mol. The van der Waals surface area contributed by atoms with Crippen LogP contribution >= 0.6 is 0 Å². The maximum absolute atomic E-state index is 12.2. The van der Waals surface area contributed by atoms with Gasteiger partial charge in [0.25, 0.3) is 0 Å². The Morgan fingerprint density at radius 2 is 1.75 bits per heavy atom. The Kier molecular flexibility index (Phi) is 3.82. The van der Waals surface area contributed by atoms with Crippen LogP contribution in [0.25, 0.3) is 0 Å². The van der Waals surface area contributed by atoms with E-state index in [4.69, 9.17) is 0 Å². The molecule has 0 saturated heterocycles. The van der Waals surface area contributed by atoms with Crippen molar-refractivity contribution in [3.05, 3.63) is 0 Å². The quantitative estimate of drug-likeness (QED) is 0.743. The molecule has 4 rings (SSSR count). The van der Waals surface area contributed by atoms with Gasteiger partial charge in [0.1, 0.15) is 13.6 Å². The largest absolute Gasteiger partial charge is 0.393 e. The van der Waals surface area contributed by atoms with Gasteiger partial charge >= 0.3 is 0 Å². The predicted octanol–water partition coefficient (Wildman–Crippen LogP) is 3.77. The van der Waals surface area contributed by atoms with E-state index in [1.807, 2.05) is 6.92 Å². The minimum atomic E-state index is -0.0814. The van der Waals surface area contributed by atoms with Crippen molar-refractivity contribution in [2.45, 2.75) is 90.0 Å². The van der Waals surface area contributed by atoms with E-state index in [1.165, 1.54) is 38.5 Å². The van der Waals surface area contributed by atoms with Crippen molar-refractivity contribution in [3.8, 4) is 0 Å². The van der Waals surface area contributed by atoms with Crippen molar-refractivity contribution in [2.75, 3.05) is 0 Å². The van der Waals surface area contributed by atoms with E-state index in [0.29, 0.717) is 22.4 Å². The molecule has 0 heterocycles. The normalized spacial score (nSPS) is 56.9. The highest BCUT2D eigenvalue weighted by Gasteiger charge is 2.63. The molecular formula is C21H35BO2. The SMILES string of the molecule is B[C@]12CC[C@H]3[C@@H]4CC[C@H](C(C)=O)[C@@]4(C)CC[C@@H]3[C@@]1(C)CC[C@H](O)C2. The molecule has 0 aromatic carbocycles. The van der Waals surface area contributed by atoms with Crippen molar-refractivity contribution in [1.29, 1.82) is 0 Å². The lowest BCUT2D eigenvalue weighted by Crippen LogP contribution is -2.56. The average Bonchev–Trinajstić information content (AvgIpc) is 2.86. The molecule has 8 atom stereocenters. The lowest BCUT2D eigenvalue weighted by atomic mass is 9.35. The van der Waals surface area contributed by atoms with Crippen LogP contribution in [0.3, 0.4) is 0 Å². The molecule has 0 aliphatic heterocycles. The molecule has 4 aliphatic rings. The van der Waals surface area contributed by atoms with Crippen LogP contribution in [0.1, 0.15) is 78.6 Å². The summed E-state index contributed by atoms with van der Waals surface area (Å²) in [6.45, 7) is 6.82. The molecule has 0 amide bonds. The van der Waals surface area contributed by atoms with E-state index >= 15 is 0 Å². The zero-order valence-electron chi connectivity index (χ0n) is 16.1. The minimum Gasteiger partial charge on any atom is -0.393 e. The molecule has 2 nitrogen and oxygen atoms in total. The fourth-order valence-corrected chi connectivity index (χ4v) is 8.28. The summed E-state index contributed by atoms with van der Waals surface area (Å²) in [5.74, 6) is 3.15. The third-order valence-electron chi connectivity index (χ3n) is 9.84. The molecule has 0 aromatic heterocycles. The lowest BCUT2D eigenvalue weighted by molar-refractivity contribution is -0.135. The summed E-state index contributed by atoms with van der Waals surface area (Å²) in [7, 11) is 2.46. The predicted molar refractivity (Wildman–Crippen MR) is 99.7 cm³/mol. The zero-order valence-corrected chi connectivity index (χ0v) is 16.1. The zero-order chi connectivity index (χ0) is 17.3. The van der Waals surface area contributed by atoms with E-state index in [-0.39, 0.29) is 11.5 Å². The summed E-state index contributed by atoms with van der Waals surface area (Å²) in [6.07, 6.45) is 10.7. The van der Waals surface area contributed by atoms with Crippen LogP contribution in [0.4, 0.5) is 0 Å². The summed E-state index contributed by atoms with van der Waals surface area (Å²) in [5, 5.41) is 10.6. The first-order valence-electron chi connectivity index (χ1n) is 10.4. The molecule has 0 bridgehead atoms. The number of aliphatic hydroxyl groups excluding tert-OH is 1. The first-order chi connectivity index (χ1) is 11.2. The number of ketones is 1. The van der Waals surface area contributed by atoms with E-state index in [2.05, 4.69) is 21.7 Å². The van der Waals surface area contributed by atoms with Crippen LogP contribution in [0, 0.1) is 34.5 Å². The monoisotopic (exact) mass is 330 g/mol. The Balaban J connectivity index is 1.65. The second kappa shape index (κ2) is 5.35. The van der Waals surface area contributed by atoms with Crippen molar-refractivity contribution < 1.29 is 9.90 Å². The summed E-state index contributed by atoms with van der Waals surface area (Å²) in [5.41, 5.74) is 0.663. The van der Waals surface area contributed by atoms with Gasteiger partial charge in [-0.05, 0) is 80.5 Å². The number of hydrogen-bond acceptors (Lipinski definition) is 2. The van der Waals surface area contributed by atoms with Crippen molar-refractivity contribution in [3.63, 3.8) is 0 Å². The molecule has 3 heteroatoms. The van der Waals surface area contributed by atoms with Gasteiger partial charge in [0.2, 0.25) is 0 Å². The van der Waals surface area contributed by atoms with Gasteiger partial charge in [-0.3, -0.25) is 4.79 Å².